The highest BCUT2D eigenvalue weighted by molar-refractivity contribution is 7.13. The summed E-state index contributed by atoms with van der Waals surface area (Å²) in [6, 6.07) is 16.1. The van der Waals surface area contributed by atoms with Crippen LogP contribution in [0.5, 0.6) is 0 Å². The summed E-state index contributed by atoms with van der Waals surface area (Å²) in [7, 11) is 3.23. The molecule has 0 unspecified atom stereocenters. The molecule has 0 fully saturated rings. The third-order valence-electron chi connectivity index (χ3n) is 3.78. The van der Waals surface area contributed by atoms with Crippen LogP contribution in [-0.2, 0) is 9.53 Å². The maximum atomic E-state index is 12.6. The van der Waals surface area contributed by atoms with Gasteiger partial charge < -0.3 is 9.64 Å². The largest absolute Gasteiger partial charge is 0.443 e. The quantitative estimate of drug-likeness (QED) is 0.593. The zero-order valence-corrected chi connectivity index (χ0v) is 16.3. The van der Waals surface area contributed by atoms with Crippen LogP contribution in [0, 0.1) is 0 Å². The second-order valence-electron chi connectivity index (χ2n) is 5.98. The van der Waals surface area contributed by atoms with E-state index in [-0.39, 0.29) is 11.6 Å². The predicted octanol–water partition coefficient (Wildman–Crippen LogP) is 4.45. The van der Waals surface area contributed by atoms with E-state index in [1.807, 2.05) is 18.2 Å². The van der Waals surface area contributed by atoms with Gasteiger partial charge in [0.2, 0.25) is 6.10 Å². The summed E-state index contributed by atoms with van der Waals surface area (Å²) < 4.78 is 5.51. The molecular formula is C20H17ClN2O3S. The Morgan fingerprint density at radius 3 is 2.52 bits per heavy atom. The molecule has 1 heterocycles. The van der Waals surface area contributed by atoms with Crippen molar-refractivity contribution in [2.45, 2.75) is 6.10 Å². The number of carbonyl (C=O) groups is 2. The number of amides is 1. The van der Waals surface area contributed by atoms with Gasteiger partial charge in [-0.2, -0.15) is 0 Å². The van der Waals surface area contributed by atoms with Crippen LogP contribution in [0.4, 0.5) is 0 Å². The van der Waals surface area contributed by atoms with E-state index in [9.17, 15) is 9.59 Å². The van der Waals surface area contributed by atoms with Crippen molar-refractivity contribution in [1.29, 1.82) is 0 Å². The predicted molar refractivity (Wildman–Crippen MR) is 106 cm³/mol. The number of halogens is 1. The number of likely N-dealkylation sites (N-methyl/N-ethyl adjacent to an activating group) is 1. The van der Waals surface area contributed by atoms with E-state index in [2.05, 4.69) is 4.98 Å². The summed E-state index contributed by atoms with van der Waals surface area (Å²) in [6.45, 7) is 0. The lowest BCUT2D eigenvalue weighted by Gasteiger charge is -2.20. The van der Waals surface area contributed by atoms with Crippen LogP contribution >= 0.6 is 22.9 Å². The number of rotatable bonds is 5. The Morgan fingerprint density at radius 2 is 1.85 bits per heavy atom. The van der Waals surface area contributed by atoms with Gasteiger partial charge in [-0.25, -0.2) is 9.78 Å². The van der Waals surface area contributed by atoms with E-state index in [0.29, 0.717) is 15.6 Å². The van der Waals surface area contributed by atoms with Crippen LogP contribution in [0.25, 0.3) is 10.6 Å². The van der Waals surface area contributed by atoms with Crippen molar-refractivity contribution in [3.63, 3.8) is 0 Å². The summed E-state index contributed by atoms with van der Waals surface area (Å²) >= 11 is 7.32. The first-order valence-electron chi connectivity index (χ1n) is 8.14. The van der Waals surface area contributed by atoms with Crippen molar-refractivity contribution in [3.8, 4) is 10.6 Å². The van der Waals surface area contributed by atoms with E-state index in [4.69, 9.17) is 16.3 Å². The molecule has 1 amide bonds. The number of aromatic nitrogens is 1. The average molecular weight is 401 g/mol. The summed E-state index contributed by atoms with van der Waals surface area (Å²) in [5.41, 5.74) is 1.58. The van der Waals surface area contributed by atoms with Gasteiger partial charge in [-0.3, -0.25) is 4.79 Å². The van der Waals surface area contributed by atoms with E-state index < -0.39 is 12.1 Å². The van der Waals surface area contributed by atoms with Crippen LogP contribution in [-0.4, -0.2) is 35.9 Å². The van der Waals surface area contributed by atoms with E-state index in [0.717, 1.165) is 5.56 Å². The number of hydrogen-bond donors (Lipinski definition) is 0. The van der Waals surface area contributed by atoms with Gasteiger partial charge in [0.05, 0.1) is 0 Å². The molecule has 2 aromatic carbocycles. The monoisotopic (exact) mass is 400 g/mol. The molecule has 0 N–H and O–H groups in total. The molecular weight excluding hydrogens is 384 g/mol. The van der Waals surface area contributed by atoms with Crippen LogP contribution in [0.15, 0.2) is 60.0 Å². The first-order chi connectivity index (χ1) is 13.0. The van der Waals surface area contributed by atoms with Gasteiger partial charge in [-0.15, -0.1) is 11.3 Å². The van der Waals surface area contributed by atoms with Gasteiger partial charge in [-0.1, -0.05) is 54.1 Å². The number of thiazole rings is 1. The Labute approximate surface area is 166 Å². The molecule has 0 bridgehead atoms. The van der Waals surface area contributed by atoms with Crippen LogP contribution in [0.3, 0.4) is 0 Å². The van der Waals surface area contributed by atoms with Crippen LogP contribution < -0.4 is 0 Å². The number of esters is 1. The molecule has 0 saturated heterocycles. The normalized spacial score (nSPS) is 11.7. The van der Waals surface area contributed by atoms with Gasteiger partial charge in [0, 0.05) is 35.6 Å². The zero-order chi connectivity index (χ0) is 19.4. The summed E-state index contributed by atoms with van der Waals surface area (Å²) in [4.78, 5) is 30.8. The Morgan fingerprint density at radius 1 is 1.11 bits per heavy atom. The van der Waals surface area contributed by atoms with E-state index in [1.54, 1.807) is 55.9 Å². The minimum Gasteiger partial charge on any atom is -0.443 e. The lowest BCUT2D eigenvalue weighted by Crippen LogP contribution is -2.31. The Bertz CT molecular complexity index is 957. The second-order valence-corrected chi connectivity index (χ2v) is 7.27. The molecule has 1 atom stereocenters. The smallest absolute Gasteiger partial charge is 0.358 e. The molecule has 0 aliphatic rings. The first-order valence-corrected chi connectivity index (χ1v) is 9.40. The fraction of sp³-hybridized carbons (Fsp3) is 0.150. The Balaban J connectivity index is 1.83. The number of hydrogen-bond acceptors (Lipinski definition) is 5. The molecule has 0 radical (unpaired) electrons. The molecule has 5 nitrogen and oxygen atoms in total. The molecule has 3 aromatic rings. The number of carbonyl (C=O) groups excluding carboxylic acids is 2. The molecule has 1 aromatic heterocycles. The lowest BCUT2D eigenvalue weighted by atomic mass is 10.1. The molecule has 0 aliphatic heterocycles. The molecule has 7 heteroatoms. The Kier molecular flexibility index (Phi) is 5.88. The molecule has 0 aliphatic carbocycles. The molecule has 138 valence electrons. The molecule has 0 spiro atoms. The first kappa shape index (κ1) is 19.1. The third kappa shape index (κ3) is 4.53. The average Bonchev–Trinajstić information content (AvgIpc) is 3.16. The maximum Gasteiger partial charge on any atom is 0.358 e. The minimum absolute atomic E-state index is 0.155. The van der Waals surface area contributed by atoms with E-state index >= 15 is 0 Å². The lowest BCUT2D eigenvalue weighted by molar-refractivity contribution is -0.138. The van der Waals surface area contributed by atoms with Crippen molar-refractivity contribution in [3.05, 3.63) is 76.3 Å². The minimum atomic E-state index is -1.02. The number of ether oxygens (including phenoxy) is 1. The number of nitrogens with zero attached hydrogens (tertiary/aromatic N) is 2. The van der Waals surface area contributed by atoms with Crippen molar-refractivity contribution >= 4 is 34.8 Å². The van der Waals surface area contributed by atoms with Crippen molar-refractivity contribution < 1.29 is 14.3 Å². The van der Waals surface area contributed by atoms with Gasteiger partial charge in [-0.05, 0) is 12.1 Å². The highest BCUT2D eigenvalue weighted by atomic mass is 35.5. The van der Waals surface area contributed by atoms with Gasteiger partial charge in [0.25, 0.3) is 5.91 Å². The SMILES string of the molecule is CN(C)C(=O)[C@@H](OC(=O)c1csc(-c2cccc(Cl)c2)n1)c1ccccc1. The zero-order valence-electron chi connectivity index (χ0n) is 14.8. The fourth-order valence-corrected chi connectivity index (χ4v) is 3.39. The van der Waals surface area contributed by atoms with Gasteiger partial charge >= 0.3 is 5.97 Å². The van der Waals surface area contributed by atoms with Crippen LogP contribution in [0.1, 0.15) is 22.2 Å². The molecule has 0 saturated carbocycles. The highest BCUT2D eigenvalue weighted by Crippen LogP contribution is 2.27. The van der Waals surface area contributed by atoms with Crippen LogP contribution in [0.2, 0.25) is 5.02 Å². The number of benzene rings is 2. The Hall–Kier alpha value is -2.70. The molecule has 3 rings (SSSR count). The molecule has 27 heavy (non-hydrogen) atoms. The van der Waals surface area contributed by atoms with Crippen molar-refractivity contribution in [2.24, 2.45) is 0 Å². The summed E-state index contributed by atoms with van der Waals surface area (Å²) in [5.74, 6) is -0.969. The van der Waals surface area contributed by atoms with Gasteiger partial charge in [0.15, 0.2) is 5.69 Å². The van der Waals surface area contributed by atoms with Crippen molar-refractivity contribution in [2.75, 3.05) is 14.1 Å². The summed E-state index contributed by atoms with van der Waals surface area (Å²) in [6.07, 6.45) is -1.02. The van der Waals surface area contributed by atoms with Gasteiger partial charge in [0.1, 0.15) is 5.01 Å². The second kappa shape index (κ2) is 8.33. The topological polar surface area (TPSA) is 59.5 Å². The summed E-state index contributed by atoms with van der Waals surface area (Å²) in [5, 5.41) is 2.85. The highest BCUT2D eigenvalue weighted by Gasteiger charge is 2.28. The standard InChI is InChI=1S/C20H17ClN2O3S/c1-23(2)19(24)17(13-7-4-3-5-8-13)26-20(25)16-12-27-18(22-16)14-9-6-10-15(21)11-14/h3-12,17H,1-2H3/t17-/m0/s1. The maximum absolute atomic E-state index is 12.6. The van der Waals surface area contributed by atoms with E-state index in [1.165, 1.54) is 16.2 Å². The van der Waals surface area contributed by atoms with Crippen molar-refractivity contribution in [1.82, 2.24) is 9.88 Å². The third-order valence-corrected chi connectivity index (χ3v) is 4.90. The fourth-order valence-electron chi connectivity index (χ4n) is 2.41.